The lowest BCUT2D eigenvalue weighted by Gasteiger charge is -2.13. The van der Waals surface area contributed by atoms with Crippen molar-refractivity contribution in [1.29, 1.82) is 0 Å². The Kier molecular flexibility index (Phi) is 3.13. The van der Waals surface area contributed by atoms with E-state index in [4.69, 9.17) is 11.8 Å². The van der Waals surface area contributed by atoms with Gasteiger partial charge in [-0.25, -0.2) is 4.57 Å². The summed E-state index contributed by atoms with van der Waals surface area (Å²) in [6.45, 7) is 5.44. The predicted molar refractivity (Wildman–Crippen MR) is 112 cm³/mol. The second-order valence-electron chi connectivity index (χ2n) is 7.80. The van der Waals surface area contributed by atoms with E-state index in [0.29, 0.717) is 23.2 Å². The molecule has 0 amide bonds. The Bertz CT molecular complexity index is 1230. The van der Waals surface area contributed by atoms with Crippen LogP contribution in [-0.2, 0) is 19.8 Å². The van der Waals surface area contributed by atoms with Gasteiger partial charge in [-0.2, -0.15) is 0 Å². The normalized spacial score (nSPS) is 16.1. The average molecular weight is 363 g/mol. The largest absolute Gasteiger partial charge is 0.257 e. The Morgan fingerprint density at radius 2 is 1.96 bits per heavy atom. The lowest BCUT2D eigenvalue weighted by Crippen LogP contribution is -2.31. The van der Waals surface area contributed by atoms with Crippen molar-refractivity contribution in [3.05, 3.63) is 70.2 Å². The molecule has 0 atom stereocenters. The number of fused-ring (bicyclic) bond motifs is 3. The third-order valence-corrected chi connectivity index (χ3v) is 5.22. The molecule has 0 bridgehead atoms. The van der Waals surface area contributed by atoms with Crippen molar-refractivity contribution in [2.45, 2.75) is 47.3 Å². The summed E-state index contributed by atoms with van der Waals surface area (Å²) in [5.74, 6) is -0.163. The first-order valence-electron chi connectivity index (χ1n) is 12.0. The van der Waals surface area contributed by atoms with E-state index < -0.39 is 13.2 Å². The molecule has 0 fully saturated rings. The highest BCUT2D eigenvalue weighted by Gasteiger charge is 2.28. The lowest BCUT2D eigenvalue weighted by atomic mass is 9.92. The standard InChI is InChI=1S/C25H29N2/c1-15(2)11-19-9-10-27(6)23(13-19)25-16(3)7-8-20-21(25)14-22-24(20)17(4)12-18(5)26-22/h7-10,12-13,15H,11,14H2,1-6H3/q+1/i4D3,11D2. The van der Waals surface area contributed by atoms with Gasteiger partial charge in [-0.3, -0.25) is 4.98 Å². The smallest absolute Gasteiger partial charge is 0.213 e. The van der Waals surface area contributed by atoms with E-state index in [1.54, 1.807) is 6.07 Å². The van der Waals surface area contributed by atoms with Gasteiger partial charge < -0.3 is 0 Å². The van der Waals surface area contributed by atoms with E-state index in [-0.39, 0.29) is 5.92 Å². The topological polar surface area (TPSA) is 16.8 Å². The highest BCUT2D eigenvalue weighted by molar-refractivity contribution is 5.85. The maximum Gasteiger partial charge on any atom is 0.213 e. The number of pyridine rings is 2. The zero-order valence-corrected chi connectivity index (χ0v) is 16.6. The highest BCUT2D eigenvalue weighted by atomic mass is 14.9. The highest BCUT2D eigenvalue weighted by Crippen LogP contribution is 2.43. The predicted octanol–water partition coefficient (Wildman–Crippen LogP) is 5.27. The SMILES string of the molecule is [2H]C([2H])([2H])c1cc(C)nc2c1-c1ccc(C)c(-c3cc(C([2H])([2H])C(C)C)cc[n+]3C)c1C2. The molecule has 3 aromatic rings. The first-order chi connectivity index (χ1) is 14.8. The van der Waals surface area contributed by atoms with Crippen LogP contribution in [0.2, 0.25) is 0 Å². The molecule has 0 aliphatic heterocycles. The van der Waals surface area contributed by atoms with Gasteiger partial charge in [-0.05, 0) is 66.9 Å². The molecule has 2 aromatic heterocycles. The Morgan fingerprint density at radius 3 is 2.70 bits per heavy atom. The molecular weight excluding hydrogens is 328 g/mol. The number of hydrogen-bond donors (Lipinski definition) is 0. The molecule has 2 nitrogen and oxygen atoms in total. The van der Waals surface area contributed by atoms with Gasteiger partial charge in [0, 0.05) is 36.7 Å². The monoisotopic (exact) mass is 362 g/mol. The first-order valence-corrected chi connectivity index (χ1v) is 9.46. The first kappa shape index (κ1) is 12.8. The second kappa shape index (κ2) is 6.60. The van der Waals surface area contributed by atoms with Crippen molar-refractivity contribution in [2.24, 2.45) is 13.0 Å². The van der Waals surface area contributed by atoms with Gasteiger partial charge in [0.05, 0.1) is 11.3 Å². The summed E-state index contributed by atoms with van der Waals surface area (Å²) in [5, 5.41) is 0. The molecule has 2 heteroatoms. The third-order valence-electron chi connectivity index (χ3n) is 5.22. The van der Waals surface area contributed by atoms with E-state index in [2.05, 4.69) is 0 Å². The molecule has 0 N–H and O–H groups in total. The lowest BCUT2D eigenvalue weighted by molar-refractivity contribution is -0.660. The number of aryl methyl sites for hydroxylation is 4. The van der Waals surface area contributed by atoms with Crippen LogP contribution in [0.3, 0.4) is 0 Å². The van der Waals surface area contributed by atoms with Crippen LogP contribution in [-0.4, -0.2) is 4.98 Å². The summed E-state index contributed by atoms with van der Waals surface area (Å²) in [5.41, 5.74) is 8.21. The fourth-order valence-electron chi connectivity index (χ4n) is 4.11. The molecule has 0 spiro atoms. The van der Waals surface area contributed by atoms with Crippen molar-refractivity contribution in [1.82, 2.24) is 4.98 Å². The molecule has 1 aliphatic carbocycles. The summed E-state index contributed by atoms with van der Waals surface area (Å²) in [6, 6.07) is 9.49. The van der Waals surface area contributed by atoms with Crippen LogP contribution in [0.5, 0.6) is 0 Å². The fourth-order valence-corrected chi connectivity index (χ4v) is 4.11. The third kappa shape index (κ3) is 3.07. The van der Waals surface area contributed by atoms with Gasteiger partial charge in [0.2, 0.25) is 5.69 Å². The summed E-state index contributed by atoms with van der Waals surface area (Å²) in [7, 11) is 1.96. The molecule has 0 radical (unpaired) electrons. The number of aromatic nitrogens is 2. The summed E-state index contributed by atoms with van der Waals surface area (Å²) >= 11 is 0. The zero-order chi connectivity index (χ0) is 23.6. The van der Waals surface area contributed by atoms with Crippen molar-refractivity contribution < 1.29 is 11.4 Å². The average Bonchev–Trinajstić information content (AvgIpc) is 3.04. The Labute approximate surface area is 169 Å². The molecule has 0 saturated carbocycles. The van der Waals surface area contributed by atoms with Crippen molar-refractivity contribution in [3.63, 3.8) is 0 Å². The number of rotatable bonds is 3. The van der Waals surface area contributed by atoms with Crippen LogP contribution < -0.4 is 4.57 Å². The summed E-state index contributed by atoms with van der Waals surface area (Å²) in [6.07, 6.45) is 1.01. The van der Waals surface area contributed by atoms with E-state index in [0.717, 1.165) is 39.2 Å². The number of hydrogen-bond acceptors (Lipinski definition) is 1. The van der Waals surface area contributed by atoms with Crippen molar-refractivity contribution in [2.75, 3.05) is 0 Å². The molecule has 138 valence electrons. The molecule has 4 rings (SSSR count). The van der Waals surface area contributed by atoms with Gasteiger partial charge in [0.25, 0.3) is 0 Å². The molecular formula is C25H29N2+. The van der Waals surface area contributed by atoms with Crippen LogP contribution in [0.15, 0.2) is 36.5 Å². The summed E-state index contributed by atoms with van der Waals surface area (Å²) in [4.78, 5) is 4.69. The Balaban J connectivity index is 1.98. The van der Waals surface area contributed by atoms with Crippen molar-refractivity contribution in [3.8, 4) is 22.4 Å². The van der Waals surface area contributed by atoms with Gasteiger partial charge in [-0.15, -0.1) is 0 Å². The molecule has 0 saturated heterocycles. The maximum atomic E-state index is 8.57. The van der Waals surface area contributed by atoms with E-state index >= 15 is 0 Å². The minimum atomic E-state index is -2.22. The van der Waals surface area contributed by atoms with Gasteiger partial charge in [0.15, 0.2) is 6.20 Å². The number of benzene rings is 1. The second-order valence-corrected chi connectivity index (χ2v) is 7.80. The molecule has 0 unspecified atom stereocenters. The Hall–Kier alpha value is -2.48. The van der Waals surface area contributed by atoms with Crippen molar-refractivity contribution >= 4 is 0 Å². The van der Waals surface area contributed by atoms with Crippen LogP contribution >= 0.6 is 0 Å². The minimum absolute atomic E-state index is 0.163. The molecule has 27 heavy (non-hydrogen) atoms. The molecule has 1 aliphatic rings. The quantitative estimate of drug-likeness (QED) is 0.454. The van der Waals surface area contributed by atoms with Crippen LogP contribution in [0.4, 0.5) is 0 Å². The van der Waals surface area contributed by atoms with Gasteiger partial charge in [0.1, 0.15) is 7.05 Å². The zero-order valence-electron chi connectivity index (χ0n) is 21.6. The minimum Gasteiger partial charge on any atom is -0.257 e. The van der Waals surface area contributed by atoms with E-state index in [9.17, 15) is 0 Å². The Morgan fingerprint density at radius 1 is 1.15 bits per heavy atom. The fraction of sp³-hybridized carbons (Fsp3) is 0.360. The van der Waals surface area contributed by atoms with Crippen LogP contribution in [0.25, 0.3) is 22.4 Å². The molecule has 2 heterocycles. The van der Waals surface area contributed by atoms with Gasteiger partial charge >= 0.3 is 0 Å². The summed E-state index contributed by atoms with van der Waals surface area (Å²) < 4.78 is 43.4. The van der Waals surface area contributed by atoms with Crippen LogP contribution in [0, 0.1) is 26.6 Å². The van der Waals surface area contributed by atoms with Crippen LogP contribution in [0.1, 0.15) is 54.3 Å². The number of nitrogens with zero attached hydrogens (tertiary/aromatic N) is 2. The van der Waals surface area contributed by atoms with Gasteiger partial charge in [-0.1, -0.05) is 26.0 Å². The van der Waals surface area contributed by atoms with E-state index in [1.807, 2.05) is 69.8 Å². The maximum absolute atomic E-state index is 8.57. The van der Waals surface area contributed by atoms with E-state index in [1.165, 1.54) is 0 Å². The molecule has 1 aromatic carbocycles.